The molecular formula is C73H116O6. The standard InChI is InChI=1S/C73H116O6/c1-4-7-10-13-16-19-22-24-26-28-30-32-34-35-36-37-39-40-42-44-46-48-51-54-57-60-63-66-72(75)78-69-70(68-77-71(74)65-62-59-56-53-50-21-18-15-12-9-6-3)79-73(76)67-64-61-58-55-52-49-47-45-43-41-38-33-31-29-27-25-23-20-17-14-11-8-5-2/h7-8,10-11,15-20,24-27,30-33,35-36,39-41,43,47,49,70H,4-6,9,12-14,21-23,28-29,34,37-38,42,44-46,48,50-69H2,1-3H3/b10-7-,11-8-,18-15-,19-16-,20-17-,26-24-,27-25-,32-30-,33-31-,36-35-,40-39-,43-41-,49-47-. The van der Waals surface area contributed by atoms with Crippen LogP contribution in [0.2, 0.25) is 0 Å². The topological polar surface area (TPSA) is 78.9 Å². The van der Waals surface area contributed by atoms with Gasteiger partial charge in [0.25, 0.3) is 0 Å². The number of rotatable bonds is 56. The second-order valence-electron chi connectivity index (χ2n) is 20.5. The van der Waals surface area contributed by atoms with E-state index < -0.39 is 6.10 Å². The van der Waals surface area contributed by atoms with Crippen molar-refractivity contribution < 1.29 is 28.6 Å². The Morgan fingerprint density at radius 1 is 0.266 bits per heavy atom. The summed E-state index contributed by atoms with van der Waals surface area (Å²) in [5, 5.41) is 0. The molecule has 0 aliphatic heterocycles. The van der Waals surface area contributed by atoms with Gasteiger partial charge in [-0.2, -0.15) is 0 Å². The molecular weight excluding hydrogens is 973 g/mol. The number of allylic oxidation sites excluding steroid dienone is 26. The third-order valence-electron chi connectivity index (χ3n) is 13.0. The summed E-state index contributed by atoms with van der Waals surface area (Å²) in [7, 11) is 0. The van der Waals surface area contributed by atoms with Gasteiger partial charge in [-0.05, 0) is 141 Å². The van der Waals surface area contributed by atoms with Gasteiger partial charge in [0.15, 0.2) is 6.10 Å². The molecule has 0 aliphatic rings. The molecule has 0 heterocycles. The third-order valence-corrected chi connectivity index (χ3v) is 13.0. The Bertz CT molecular complexity index is 1780. The van der Waals surface area contributed by atoms with Gasteiger partial charge in [0, 0.05) is 19.3 Å². The van der Waals surface area contributed by atoms with Crippen LogP contribution in [-0.2, 0) is 28.6 Å². The molecule has 444 valence electrons. The molecule has 0 fully saturated rings. The minimum atomic E-state index is -0.807. The highest BCUT2D eigenvalue weighted by atomic mass is 16.6. The average molecular weight is 1090 g/mol. The highest BCUT2D eigenvalue weighted by Crippen LogP contribution is 2.14. The number of carbonyl (C=O) groups excluding carboxylic acids is 3. The van der Waals surface area contributed by atoms with Crippen LogP contribution in [0.1, 0.15) is 265 Å². The lowest BCUT2D eigenvalue weighted by atomic mass is 10.1. The summed E-state index contributed by atoms with van der Waals surface area (Å²) < 4.78 is 16.9. The Hall–Kier alpha value is -4.97. The Balaban J connectivity index is 4.39. The predicted octanol–water partition coefficient (Wildman–Crippen LogP) is 22.1. The number of carbonyl (C=O) groups is 3. The highest BCUT2D eigenvalue weighted by Gasteiger charge is 2.19. The zero-order valence-corrected chi connectivity index (χ0v) is 50.8. The minimum Gasteiger partial charge on any atom is -0.462 e. The van der Waals surface area contributed by atoms with Gasteiger partial charge >= 0.3 is 17.9 Å². The Labute approximate surface area is 486 Å². The van der Waals surface area contributed by atoms with E-state index in [0.717, 1.165) is 167 Å². The number of unbranched alkanes of at least 4 members (excludes halogenated alkanes) is 19. The fourth-order valence-electron chi connectivity index (χ4n) is 8.25. The van der Waals surface area contributed by atoms with Crippen LogP contribution in [-0.4, -0.2) is 37.2 Å². The average Bonchev–Trinajstić information content (AvgIpc) is 3.45. The summed E-state index contributed by atoms with van der Waals surface area (Å²) >= 11 is 0. The first-order valence-corrected chi connectivity index (χ1v) is 32.0. The second kappa shape index (κ2) is 65.5. The fourth-order valence-corrected chi connectivity index (χ4v) is 8.25. The van der Waals surface area contributed by atoms with Crippen molar-refractivity contribution in [2.75, 3.05) is 13.2 Å². The van der Waals surface area contributed by atoms with Crippen LogP contribution >= 0.6 is 0 Å². The lowest BCUT2D eigenvalue weighted by Crippen LogP contribution is -2.30. The van der Waals surface area contributed by atoms with E-state index in [0.29, 0.717) is 12.8 Å². The van der Waals surface area contributed by atoms with Crippen molar-refractivity contribution in [3.05, 3.63) is 158 Å². The van der Waals surface area contributed by atoms with Crippen LogP contribution in [0.5, 0.6) is 0 Å². The molecule has 6 heteroatoms. The Kier molecular flexibility index (Phi) is 61.4. The van der Waals surface area contributed by atoms with Crippen molar-refractivity contribution in [1.29, 1.82) is 0 Å². The molecule has 0 aromatic carbocycles. The van der Waals surface area contributed by atoms with Crippen molar-refractivity contribution in [2.24, 2.45) is 0 Å². The van der Waals surface area contributed by atoms with E-state index in [1.54, 1.807) is 0 Å². The van der Waals surface area contributed by atoms with E-state index in [-0.39, 0.29) is 37.5 Å². The van der Waals surface area contributed by atoms with Crippen molar-refractivity contribution in [3.8, 4) is 0 Å². The highest BCUT2D eigenvalue weighted by molar-refractivity contribution is 5.71. The van der Waals surface area contributed by atoms with Crippen LogP contribution in [0, 0.1) is 0 Å². The molecule has 0 rings (SSSR count). The van der Waals surface area contributed by atoms with Gasteiger partial charge in [0.2, 0.25) is 0 Å². The van der Waals surface area contributed by atoms with E-state index in [1.807, 2.05) is 0 Å². The van der Waals surface area contributed by atoms with Crippen molar-refractivity contribution in [1.82, 2.24) is 0 Å². The van der Waals surface area contributed by atoms with Gasteiger partial charge in [0.05, 0.1) is 0 Å². The molecule has 0 spiro atoms. The third kappa shape index (κ3) is 63.7. The van der Waals surface area contributed by atoms with E-state index in [2.05, 4.69) is 179 Å². The van der Waals surface area contributed by atoms with E-state index in [4.69, 9.17) is 14.2 Å². The lowest BCUT2D eigenvalue weighted by molar-refractivity contribution is -0.167. The molecule has 0 aliphatic carbocycles. The monoisotopic (exact) mass is 1090 g/mol. The first-order chi connectivity index (χ1) is 39.0. The molecule has 0 saturated heterocycles. The quantitative estimate of drug-likeness (QED) is 0.0261. The molecule has 6 nitrogen and oxygen atoms in total. The molecule has 0 amide bonds. The SMILES string of the molecule is CC/C=C\C/C=C\C/C=C\C/C=C\C/C=C\C/C=C\CCCCCCCCCCC(=O)OCC(COC(=O)CCCCCCC/C=C\CCCC)OC(=O)CCCCCC/C=C\C/C=C\C/C=C\C/C=C\C/C=C\C/C=C\CC. The largest absolute Gasteiger partial charge is 0.462 e. The maximum Gasteiger partial charge on any atom is 0.306 e. The van der Waals surface area contributed by atoms with Crippen LogP contribution in [0.25, 0.3) is 0 Å². The second-order valence-corrected chi connectivity index (χ2v) is 20.5. The summed E-state index contributed by atoms with van der Waals surface area (Å²) in [5.74, 6) is -0.948. The molecule has 0 radical (unpaired) electrons. The van der Waals surface area contributed by atoms with Crippen LogP contribution in [0.15, 0.2) is 158 Å². The number of hydrogen-bond donors (Lipinski definition) is 0. The van der Waals surface area contributed by atoms with Gasteiger partial charge < -0.3 is 14.2 Å². The summed E-state index contributed by atoms with van der Waals surface area (Å²) in [5.41, 5.74) is 0. The van der Waals surface area contributed by atoms with E-state index >= 15 is 0 Å². The van der Waals surface area contributed by atoms with E-state index in [9.17, 15) is 14.4 Å². The first-order valence-electron chi connectivity index (χ1n) is 32.0. The molecule has 0 saturated carbocycles. The van der Waals surface area contributed by atoms with Crippen molar-refractivity contribution >= 4 is 17.9 Å². The minimum absolute atomic E-state index is 0.102. The summed E-state index contributed by atoms with van der Waals surface area (Å²) in [4.78, 5) is 38.3. The number of hydrogen-bond acceptors (Lipinski definition) is 6. The molecule has 79 heavy (non-hydrogen) atoms. The normalized spacial score (nSPS) is 13.2. The molecule has 0 aromatic heterocycles. The van der Waals surface area contributed by atoms with Gasteiger partial charge in [-0.25, -0.2) is 0 Å². The maximum absolute atomic E-state index is 12.9. The zero-order chi connectivity index (χ0) is 57.1. The van der Waals surface area contributed by atoms with Crippen molar-refractivity contribution in [2.45, 2.75) is 271 Å². The summed E-state index contributed by atoms with van der Waals surface area (Å²) in [6, 6.07) is 0. The number of ether oxygens (including phenoxy) is 3. The van der Waals surface area contributed by atoms with Gasteiger partial charge in [0.1, 0.15) is 13.2 Å². The fraction of sp³-hybridized carbons (Fsp3) is 0.603. The Morgan fingerprint density at radius 2 is 0.494 bits per heavy atom. The molecule has 0 aromatic rings. The summed E-state index contributed by atoms with van der Waals surface area (Å²) in [6.07, 6.45) is 95.3. The predicted molar refractivity (Wildman–Crippen MR) is 343 cm³/mol. The van der Waals surface area contributed by atoms with Crippen molar-refractivity contribution in [3.63, 3.8) is 0 Å². The maximum atomic E-state index is 12.9. The Morgan fingerprint density at radius 3 is 0.785 bits per heavy atom. The molecule has 0 N–H and O–H groups in total. The lowest BCUT2D eigenvalue weighted by Gasteiger charge is -2.18. The number of esters is 3. The zero-order valence-electron chi connectivity index (χ0n) is 50.8. The smallest absolute Gasteiger partial charge is 0.306 e. The van der Waals surface area contributed by atoms with Crippen LogP contribution in [0.3, 0.4) is 0 Å². The molecule has 0 bridgehead atoms. The summed E-state index contributed by atoms with van der Waals surface area (Å²) in [6.45, 7) is 6.33. The molecule has 1 atom stereocenters. The molecule has 1 unspecified atom stereocenters. The van der Waals surface area contributed by atoms with Crippen LogP contribution in [0.4, 0.5) is 0 Å². The van der Waals surface area contributed by atoms with Gasteiger partial charge in [-0.1, -0.05) is 262 Å². The first kappa shape index (κ1) is 74.0. The van der Waals surface area contributed by atoms with Gasteiger partial charge in [-0.15, -0.1) is 0 Å². The van der Waals surface area contributed by atoms with E-state index in [1.165, 1.54) is 57.8 Å². The van der Waals surface area contributed by atoms with Gasteiger partial charge in [-0.3, -0.25) is 14.4 Å². The van der Waals surface area contributed by atoms with Crippen LogP contribution < -0.4 is 0 Å².